The van der Waals surface area contributed by atoms with Crippen molar-refractivity contribution in [2.45, 2.75) is 12.5 Å². The number of fused-ring (bicyclic) bond motifs is 1. The number of rotatable bonds is 1. The van der Waals surface area contributed by atoms with Crippen molar-refractivity contribution in [2.24, 2.45) is 0 Å². The summed E-state index contributed by atoms with van der Waals surface area (Å²) in [6, 6.07) is 10.5. The van der Waals surface area contributed by atoms with E-state index in [1.165, 1.54) is 16.0 Å². The zero-order valence-electron chi connectivity index (χ0n) is 9.69. The second-order valence-electron chi connectivity index (χ2n) is 4.60. The summed E-state index contributed by atoms with van der Waals surface area (Å²) in [7, 11) is 2.19. The second-order valence-corrected chi connectivity index (χ2v) is 6.04. The van der Waals surface area contributed by atoms with Gasteiger partial charge in [-0.05, 0) is 41.8 Å². The lowest BCUT2D eigenvalue weighted by Crippen LogP contribution is -2.29. The van der Waals surface area contributed by atoms with Crippen LogP contribution in [-0.4, -0.2) is 18.5 Å². The topological polar surface area (TPSA) is 3.24 Å². The number of likely N-dealkylation sites (N-methyl/N-ethyl adjacent to an activating group) is 1. The molecule has 0 radical (unpaired) electrons. The van der Waals surface area contributed by atoms with Crippen LogP contribution in [0.4, 0.5) is 0 Å². The lowest BCUT2D eigenvalue weighted by atomic mass is 9.89. The predicted octanol–water partition coefficient (Wildman–Crippen LogP) is 3.98. The van der Waals surface area contributed by atoms with E-state index >= 15 is 0 Å². The predicted molar refractivity (Wildman–Crippen MR) is 73.9 cm³/mol. The zero-order chi connectivity index (χ0) is 11.8. The summed E-state index contributed by atoms with van der Waals surface area (Å²) < 4.78 is 0. The fourth-order valence-electron chi connectivity index (χ4n) is 2.49. The van der Waals surface area contributed by atoms with E-state index in [9.17, 15) is 0 Å². The number of halogens is 1. The Balaban J connectivity index is 2.01. The van der Waals surface area contributed by atoms with E-state index < -0.39 is 0 Å². The monoisotopic (exact) mass is 263 g/mol. The Morgan fingerprint density at radius 2 is 2.00 bits per heavy atom. The first-order valence-corrected chi connectivity index (χ1v) is 7.00. The molecule has 0 saturated heterocycles. The molecule has 0 amide bonds. The minimum Gasteiger partial charge on any atom is -0.300 e. The maximum Gasteiger partial charge on any atom is 0.0406 e. The first-order chi connectivity index (χ1) is 8.24. The molecule has 1 atom stereocenters. The van der Waals surface area contributed by atoms with Crippen molar-refractivity contribution in [1.29, 1.82) is 0 Å². The summed E-state index contributed by atoms with van der Waals surface area (Å²) in [5.74, 6) is 0.493. The molecule has 0 aliphatic carbocycles. The Bertz CT molecular complexity index is 517. The van der Waals surface area contributed by atoms with Gasteiger partial charge in [0.25, 0.3) is 0 Å². The van der Waals surface area contributed by atoms with Crippen LogP contribution in [-0.2, 0) is 6.54 Å². The van der Waals surface area contributed by atoms with Crippen LogP contribution < -0.4 is 0 Å². The van der Waals surface area contributed by atoms with Crippen LogP contribution in [0.1, 0.15) is 21.9 Å². The van der Waals surface area contributed by atoms with E-state index in [0.717, 1.165) is 18.1 Å². The number of thiophene rings is 1. The fraction of sp³-hybridized carbons (Fsp3) is 0.286. The normalized spacial score (nSPS) is 20.2. The summed E-state index contributed by atoms with van der Waals surface area (Å²) in [5.41, 5.74) is 2.86. The molecule has 1 aromatic carbocycles. The van der Waals surface area contributed by atoms with E-state index in [1.807, 2.05) is 23.5 Å². The summed E-state index contributed by atoms with van der Waals surface area (Å²) in [4.78, 5) is 3.89. The summed E-state index contributed by atoms with van der Waals surface area (Å²) in [5, 5.41) is 3.01. The lowest BCUT2D eigenvalue weighted by Gasteiger charge is -2.30. The average Bonchev–Trinajstić information content (AvgIpc) is 2.77. The molecule has 88 valence electrons. The molecule has 2 aromatic rings. The third kappa shape index (κ3) is 2.13. The van der Waals surface area contributed by atoms with Gasteiger partial charge in [-0.1, -0.05) is 23.7 Å². The van der Waals surface area contributed by atoms with Crippen LogP contribution in [0.2, 0.25) is 5.02 Å². The zero-order valence-corrected chi connectivity index (χ0v) is 11.3. The first kappa shape index (κ1) is 11.3. The van der Waals surface area contributed by atoms with E-state index in [0.29, 0.717) is 5.92 Å². The minimum atomic E-state index is 0.493. The SMILES string of the molecule is CN1Cc2sccc2[C@@H](c2ccc(Cl)cc2)C1. The molecule has 1 aromatic heterocycles. The smallest absolute Gasteiger partial charge is 0.0406 e. The molecular weight excluding hydrogens is 250 g/mol. The standard InChI is InChI=1S/C14H14ClNS/c1-16-8-13(10-2-4-11(15)5-3-10)12-6-7-17-14(12)9-16/h2-7,13H,8-9H2,1H3/t13-/m1/s1. The highest BCUT2D eigenvalue weighted by Gasteiger charge is 2.25. The van der Waals surface area contributed by atoms with E-state index in [-0.39, 0.29) is 0 Å². The Morgan fingerprint density at radius 3 is 2.76 bits per heavy atom. The van der Waals surface area contributed by atoms with Crippen molar-refractivity contribution in [2.75, 3.05) is 13.6 Å². The van der Waals surface area contributed by atoms with Gasteiger partial charge in [-0.2, -0.15) is 0 Å². The second kappa shape index (κ2) is 4.45. The molecule has 1 aliphatic rings. The molecule has 0 unspecified atom stereocenters. The molecule has 1 nitrogen and oxygen atoms in total. The van der Waals surface area contributed by atoms with E-state index in [2.05, 4.69) is 35.5 Å². The van der Waals surface area contributed by atoms with Gasteiger partial charge in [0, 0.05) is 28.9 Å². The van der Waals surface area contributed by atoms with Gasteiger partial charge in [-0.3, -0.25) is 0 Å². The molecule has 0 fully saturated rings. The van der Waals surface area contributed by atoms with Crippen molar-refractivity contribution < 1.29 is 0 Å². The fourth-order valence-corrected chi connectivity index (χ4v) is 3.64. The minimum absolute atomic E-state index is 0.493. The third-order valence-electron chi connectivity index (χ3n) is 3.34. The molecule has 3 rings (SSSR count). The van der Waals surface area contributed by atoms with Gasteiger partial charge in [-0.15, -0.1) is 11.3 Å². The molecule has 0 spiro atoms. The lowest BCUT2D eigenvalue weighted by molar-refractivity contribution is 0.299. The average molecular weight is 264 g/mol. The molecule has 1 aliphatic heterocycles. The van der Waals surface area contributed by atoms with Gasteiger partial charge < -0.3 is 4.90 Å². The Kier molecular flexibility index (Phi) is 2.95. The Hall–Kier alpha value is -0.830. The summed E-state index contributed by atoms with van der Waals surface area (Å²) in [6.45, 7) is 2.17. The van der Waals surface area contributed by atoms with Crippen LogP contribution in [0.15, 0.2) is 35.7 Å². The molecular formula is C14H14ClNS. The van der Waals surface area contributed by atoms with Crippen molar-refractivity contribution in [3.8, 4) is 0 Å². The number of hydrogen-bond acceptors (Lipinski definition) is 2. The van der Waals surface area contributed by atoms with Crippen molar-refractivity contribution in [1.82, 2.24) is 4.90 Å². The van der Waals surface area contributed by atoms with Gasteiger partial charge in [0.05, 0.1) is 0 Å². The van der Waals surface area contributed by atoms with Gasteiger partial charge in [0.1, 0.15) is 0 Å². The highest BCUT2D eigenvalue weighted by atomic mass is 35.5. The molecule has 3 heteroatoms. The Morgan fingerprint density at radius 1 is 1.24 bits per heavy atom. The Labute approximate surface area is 111 Å². The highest BCUT2D eigenvalue weighted by molar-refractivity contribution is 7.10. The van der Waals surface area contributed by atoms with Crippen LogP contribution in [0, 0.1) is 0 Å². The van der Waals surface area contributed by atoms with E-state index in [4.69, 9.17) is 11.6 Å². The molecule has 0 N–H and O–H groups in total. The van der Waals surface area contributed by atoms with Crippen molar-refractivity contribution in [3.05, 3.63) is 56.7 Å². The maximum absolute atomic E-state index is 5.95. The summed E-state index contributed by atoms with van der Waals surface area (Å²) >= 11 is 7.81. The van der Waals surface area contributed by atoms with Crippen LogP contribution in [0.25, 0.3) is 0 Å². The number of hydrogen-bond donors (Lipinski definition) is 0. The van der Waals surface area contributed by atoms with Crippen molar-refractivity contribution in [3.63, 3.8) is 0 Å². The molecule has 17 heavy (non-hydrogen) atoms. The molecule has 2 heterocycles. The highest BCUT2D eigenvalue weighted by Crippen LogP contribution is 2.36. The largest absolute Gasteiger partial charge is 0.300 e. The van der Waals surface area contributed by atoms with Crippen LogP contribution in [0.3, 0.4) is 0 Å². The number of benzene rings is 1. The van der Waals surface area contributed by atoms with Gasteiger partial charge in [0.15, 0.2) is 0 Å². The van der Waals surface area contributed by atoms with Gasteiger partial charge in [-0.25, -0.2) is 0 Å². The third-order valence-corrected chi connectivity index (χ3v) is 4.51. The van der Waals surface area contributed by atoms with Crippen LogP contribution >= 0.6 is 22.9 Å². The quantitative estimate of drug-likeness (QED) is 0.752. The maximum atomic E-state index is 5.95. The van der Waals surface area contributed by atoms with Gasteiger partial charge in [0.2, 0.25) is 0 Å². The summed E-state index contributed by atoms with van der Waals surface area (Å²) in [6.07, 6.45) is 0. The van der Waals surface area contributed by atoms with E-state index in [1.54, 1.807) is 0 Å². The van der Waals surface area contributed by atoms with Gasteiger partial charge >= 0.3 is 0 Å². The first-order valence-electron chi connectivity index (χ1n) is 5.74. The molecule has 0 saturated carbocycles. The van der Waals surface area contributed by atoms with Crippen LogP contribution in [0.5, 0.6) is 0 Å². The van der Waals surface area contributed by atoms with Crippen molar-refractivity contribution >= 4 is 22.9 Å². The number of nitrogens with zero attached hydrogens (tertiary/aromatic N) is 1. The molecule has 0 bridgehead atoms.